The molecule has 0 aliphatic carbocycles. The zero-order valence-electron chi connectivity index (χ0n) is 9.22. The second-order valence-electron chi connectivity index (χ2n) is 3.64. The van der Waals surface area contributed by atoms with E-state index in [1.165, 1.54) is 4.57 Å². The van der Waals surface area contributed by atoms with Crippen LogP contribution in [0.15, 0.2) is 41.5 Å². The Balaban J connectivity index is 2.28. The smallest absolute Gasteiger partial charge is 0.330 e. The zero-order chi connectivity index (χ0) is 12.3. The Morgan fingerprint density at radius 2 is 2.00 bits per heavy atom. The Bertz CT molecular complexity index is 566. The Kier molecular flexibility index (Phi) is 3.20. The van der Waals surface area contributed by atoms with E-state index < -0.39 is 0 Å². The van der Waals surface area contributed by atoms with Crippen molar-refractivity contribution in [1.29, 1.82) is 0 Å². The molecule has 0 spiro atoms. The summed E-state index contributed by atoms with van der Waals surface area (Å²) in [6, 6.07) is 6.87. The van der Waals surface area contributed by atoms with Crippen LogP contribution in [0.4, 0.5) is 0 Å². The molecule has 88 valence electrons. The minimum Gasteiger partial charge on any atom is -0.330 e. The minimum absolute atomic E-state index is 0.0143. The fraction of sp³-hybridized carbons (Fsp3) is 0.167. The van der Waals surface area contributed by atoms with Crippen LogP contribution in [0.25, 0.3) is 5.69 Å². The lowest BCUT2D eigenvalue weighted by molar-refractivity contribution is 0.0985. The van der Waals surface area contributed by atoms with Crippen LogP contribution in [0, 0.1) is 0 Å². The highest BCUT2D eigenvalue weighted by atomic mass is 16.1. The fourth-order valence-corrected chi connectivity index (χ4v) is 1.61. The summed E-state index contributed by atoms with van der Waals surface area (Å²) in [7, 11) is 0. The van der Waals surface area contributed by atoms with Crippen LogP contribution in [0.2, 0.25) is 0 Å². The van der Waals surface area contributed by atoms with Gasteiger partial charge in [0.2, 0.25) is 0 Å². The molecule has 0 bridgehead atoms. The maximum Gasteiger partial charge on any atom is 0.330 e. The summed E-state index contributed by atoms with van der Waals surface area (Å²) >= 11 is 0. The maximum atomic E-state index is 11.6. The number of rotatable bonds is 4. The van der Waals surface area contributed by atoms with Gasteiger partial charge in [0, 0.05) is 24.4 Å². The highest BCUT2D eigenvalue weighted by Gasteiger charge is 2.05. The normalized spacial score (nSPS) is 10.4. The van der Waals surface area contributed by atoms with E-state index >= 15 is 0 Å². The monoisotopic (exact) mass is 231 g/mol. The van der Waals surface area contributed by atoms with Crippen molar-refractivity contribution in [3.63, 3.8) is 0 Å². The third-order valence-corrected chi connectivity index (χ3v) is 2.49. The number of Topliss-reactive ketones (excluding diaryl/α,β-unsaturated/α-hetero) is 1. The van der Waals surface area contributed by atoms with Gasteiger partial charge in [-0.05, 0) is 30.8 Å². The Morgan fingerprint density at radius 3 is 2.53 bits per heavy atom. The maximum absolute atomic E-state index is 11.6. The molecule has 0 unspecified atom stereocenters. The number of benzene rings is 1. The lowest BCUT2D eigenvalue weighted by Gasteiger charge is -2.03. The van der Waals surface area contributed by atoms with Gasteiger partial charge in [0.05, 0.1) is 5.69 Å². The molecule has 0 fully saturated rings. The molecule has 0 saturated carbocycles. The topological polar surface area (TPSA) is 80.9 Å². The number of carbonyl (C=O) groups excluding carboxylic acids is 1. The van der Waals surface area contributed by atoms with Gasteiger partial charge in [-0.2, -0.15) is 0 Å². The molecule has 5 nitrogen and oxygen atoms in total. The third kappa shape index (κ3) is 2.34. The predicted octanol–water partition coefficient (Wildman–Crippen LogP) is 0.697. The van der Waals surface area contributed by atoms with E-state index in [0.29, 0.717) is 18.5 Å². The molecule has 5 heteroatoms. The van der Waals surface area contributed by atoms with Crippen molar-refractivity contribution in [1.82, 2.24) is 9.55 Å². The molecular weight excluding hydrogens is 218 g/mol. The van der Waals surface area contributed by atoms with Crippen molar-refractivity contribution >= 4 is 5.78 Å². The van der Waals surface area contributed by atoms with Crippen LogP contribution in [0.5, 0.6) is 0 Å². The van der Waals surface area contributed by atoms with E-state index in [-0.39, 0.29) is 11.5 Å². The van der Waals surface area contributed by atoms with Crippen molar-refractivity contribution in [2.24, 2.45) is 5.73 Å². The SMILES string of the molecule is NCCC(=O)c1ccc(-n2cc[nH]c2=O)cc1. The number of nitrogens with one attached hydrogen (secondary N) is 1. The number of ketones is 1. The first-order valence-corrected chi connectivity index (χ1v) is 5.32. The molecule has 0 saturated heterocycles. The van der Waals surface area contributed by atoms with Gasteiger partial charge in [-0.15, -0.1) is 0 Å². The van der Waals surface area contributed by atoms with E-state index in [1.54, 1.807) is 36.7 Å². The quantitative estimate of drug-likeness (QED) is 0.760. The highest BCUT2D eigenvalue weighted by molar-refractivity contribution is 5.96. The van der Waals surface area contributed by atoms with E-state index in [2.05, 4.69) is 4.98 Å². The lowest BCUT2D eigenvalue weighted by Crippen LogP contribution is -2.14. The number of H-pyrrole nitrogens is 1. The van der Waals surface area contributed by atoms with Crippen molar-refractivity contribution in [2.45, 2.75) is 6.42 Å². The van der Waals surface area contributed by atoms with Crippen molar-refractivity contribution in [3.05, 3.63) is 52.7 Å². The number of imidazole rings is 1. The van der Waals surface area contributed by atoms with Crippen LogP contribution >= 0.6 is 0 Å². The largest absolute Gasteiger partial charge is 0.330 e. The molecule has 0 atom stereocenters. The second-order valence-corrected chi connectivity index (χ2v) is 3.64. The molecule has 0 aliphatic rings. The van der Waals surface area contributed by atoms with Gasteiger partial charge in [-0.25, -0.2) is 4.79 Å². The number of nitrogens with zero attached hydrogens (tertiary/aromatic N) is 1. The Morgan fingerprint density at radius 1 is 1.29 bits per heavy atom. The average molecular weight is 231 g/mol. The summed E-state index contributed by atoms with van der Waals surface area (Å²) in [6.07, 6.45) is 3.54. The van der Waals surface area contributed by atoms with Gasteiger partial charge in [0.15, 0.2) is 5.78 Å². The van der Waals surface area contributed by atoms with Gasteiger partial charge in [0.1, 0.15) is 0 Å². The molecule has 1 heterocycles. The molecule has 2 aromatic rings. The van der Waals surface area contributed by atoms with Crippen molar-refractivity contribution < 1.29 is 4.79 Å². The number of hydrogen-bond donors (Lipinski definition) is 2. The predicted molar refractivity (Wildman–Crippen MR) is 64.4 cm³/mol. The number of aromatic amines is 1. The van der Waals surface area contributed by atoms with Crippen LogP contribution in [0.1, 0.15) is 16.8 Å². The summed E-state index contributed by atoms with van der Waals surface area (Å²) in [5.41, 5.74) is 6.46. The second kappa shape index (κ2) is 4.80. The zero-order valence-corrected chi connectivity index (χ0v) is 9.22. The summed E-state index contributed by atoms with van der Waals surface area (Å²) in [5, 5.41) is 0. The first kappa shape index (κ1) is 11.3. The molecule has 1 aromatic carbocycles. The van der Waals surface area contributed by atoms with Gasteiger partial charge in [-0.3, -0.25) is 9.36 Å². The van der Waals surface area contributed by atoms with Crippen LogP contribution < -0.4 is 11.4 Å². The lowest BCUT2D eigenvalue weighted by atomic mass is 10.1. The van der Waals surface area contributed by atoms with E-state index in [1.807, 2.05) is 0 Å². The number of carbonyl (C=O) groups is 1. The molecule has 2 rings (SSSR count). The highest BCUT2D eigenvalue weighted by Crippen LogP contribution is 2.09. The summed E-state index contributed by atoms with van der Waals surface area (Å²) < 4.78 is 1.47. The Hall–Kier alpha value is -2.14. The molecule has 3 N–H and O–H groups in total. The Labute approximate surface area is 97.9 Å². The average Bonchev–Trinajstić information content (AvgIpc) is 2.76. The number of aromatic nitrogens is 2. The molecular formula is C12H13N3O2. The van der Waals surface area contributed by atoms with Gasteiger partial charge < -0.3 is 10.7 Å². The van der Waals surface area contributed by atoms with Crippen LogP contribution in [-0.4, -0.2) is 21.9 Å². The molecule has 0 aliphatic heterocycles. The standard InChI is InChI=1S/C12H13N3O2/c13-6-5-11(16)9-1-3-10(4-2-9)15-8-7-14-12(15)17/h1-4,7-8H,5-6,13H2,(H,14,17). The summed E-state index contributed by atoms with van der Waals surface area (Å²) in [4.78, 5) is 25.5. The van der Waals surface area contributed by atoms with Crippen LogP contribution in [-0.2, 0) is 0 Å². The van der Waals surface area contributed by atoms with Crippen LogP contribution in [0.3, 0.4) is 0 Å². The number of nitrogens with two attached hydrogens (primary N) is 1. The first-order valence-electron chi connectivity index (χ1n) is 5.32. The van der Waals surface area contributed by atoms with Gasteiger partial charge in [-0.1, -0.05) is 0 Å². The molecule has 17 heavy (non-hydrogen) atoms. The summed E-state index contributed by atoms with van der Waals surface area (Å²) in [6.45, 7) is 0.345. The van der Waals surface area contributed by atoms with E-state index in [9.17, 15) is 9.59 Å². The third-order valence-electron chi connectivity index (χ3n) is 2.49. The van der Waals surface area contributed by atoms with E-state index in [4.69, 9.17) is 5.73 Å². The van der Waals surface area contributed by atoms with Gasteiger partial charge >= 0.3 is 5.69 Å². The minimum atomic E-state index is -0.203. The fourth-order valence-electron chi connectivity index (χ4n) is 1.61. The van der Waals surface area contributed by atoms with E-state index in [0.717, 1.165) is 5.69 Å². The molecule has 1 aromatic heterocycles. The number of hydrogen-bond acceptors (Lipinski definition) is 3. The molecule has 0 radical (unpaired) electrons. The molecule has 0 amide bonds. The van der Waals surface area contributed by atoms with Gasteiger partial charge in [0.25, 0.3) is 0 Å². The summed E-state index contributed by atoms with van der Waals surface area (Å²) in [5.74, 6) is 0.0143. The van der Waals surface area contributed by atoms with Crippen molar-refractivity contribution in [3.8, 4) is 5.69 Å². The van der Waals surface area contributed by atoms with Crippen molar-refractivity contribution in [2.75, 3.05) is 6.54 Å². The first-order chi connectivity index (χ1) is 8.22.